The predicted octanol–water partition coefficient (Wildman–Crippen LogP) is 3.04. The van der Waals surface area contributed by atoms with Crippen LogP contribution in [0.2, 0.25) is 0 Å². The Morgan fingerprint density at radius 1 is 1.30 bits per heavy atom. The zero-order chi connectivity index (χ0) is 19.1. The van der Waals surface area contributed by atoms with Gasteiger partial charge in [0.25, 0.3) is 0 Å². The molecule has 1 aromatic rings. The van der Waals surface area contributed by atoms with Gasteiger partial charge in [0.15, 0.2) is 0 Å². The van der Waals surface area contributed by atoms with Gasteiger partial charge >= 0.3 is 6.03 Å². The van der Waals surface area contributed by atoms with Crippen LogP contribution < -0.4 is 5.32 Å². The van der Waals surface area contributed by atoms with E-state index >= 15 is 0 Å². The molecule has 2 saturated heterocycles. The third-order valence-corrected chi connectivity index (χ3v) is 5.33. The Labute approximate surface area is 163 Å². The van der Waals surface area contributed by atoms with Crippen molar-refractivity contribution in [1.82, 2.24) is 20.1 Å². The summed E-state index contributed by atoms with van der Waals surface area (Å²) in [5.74, 6) is 0. The zero-order valence-corrected chi connectivity index (χ0v) is 16.8. The molecule has 1 atom stereocenters. The molecule has 0 unspecified atom stereocenters. The molecule has 3 rings (SSSR count). The number of rotatable bonds is 7. The molecule has 3 heterocycles. The maximum Gasteiger partial charge on any atom is 0.318 e. The fourth-order valence-corrected chi connectivity index (χ4v) is 4.03. The van der Waals surface area contributed by atoms with Crippen LogP contribution in [0.4, 0.5) is 4.79 Å². The number of hydrogen-bond donors (Lipinski definition) is 1. The minimum Gasteiger partial charge on any atom is -0.376 e. The summed E-state index contributed by atoms with van der Waals surface area (Å²) in [5, 5.41) is 3.26. The lowest BCUT2D eigenvalue weighted by molar-refractivity contribution is 0.0764. The summed E-state index contributed by atoms with van der Waals surface area (Å²) in [6.45, 7) is 9.30. The fraction of sp³-hybridized carbons (Fsp3) is 0.714. The quantitative estimate of drug-likeness (QED) is 0.797. The lowest BCUT2D eigenvalue weighted by atomic mass is 10.0. The van der Waals surface area contributed by atoms with Crippen molar-refractivity contribution in [2.75, 3.05) is 32.8 Å². The Hall–Kier alpha value is -1.66. The molecule has 0 bridgehead atoms. The van der Waals surface area contributed by atoms with E-state index in [1.807, 2.05) is 23.1 Å². The first-order valence-electron chi connectivity index (χ1n) is 10.3. The third-order valence-electron chi connectivity index (χ3n) is 5.33. The summed E-state index contributed by atoms with van der Waals surface area (Å²) in [4.78, 5) is 21.8. The first kappa shape index (κ1) is 20.1. The van der Waals surface area contributed by atoms with Crippen LogP contribution in [-0.2, 0) is 11.3 Å². The summed E-state index contributed by atoms with van der Waals surface area (Å²) in [6.07, 6.45) is 7.84. The Bertz CT molecular complexity index is 581. The van der Waals surface area contributed by atoms with E-state index in [0.29, 0.717) is 13.1 Å². The second-order valence-electron chi connectivity index (χ2n) is 8.49. The highest BCUT2D eigenvalue weighted by molar-refractivity contribution is 5.75. The lowest BCUT2D eigenvalue weighted by Crippen LogP contribution is -2.56. The van der Waals surface area contributed by atoms with E-state index in [0.717, 1.165) is 44.8 Å². The van der Waals surface area contributed by atoms with E-state index in [1.54, 1.807) is 6.20 Å². The lowest BCUT2D eigenvalue weighted by Gasteiger charge is -2.37. The Morgan fingerprint density at radius 3 is 2.78 bits per heavy atom. The fourth-order valence-electron chi connectivity index (χ4n) is 4.03. The monoisotopic (exact) mass is 374 g/mol. The molecule has 1 aromatic heterocycles. The van der Waals surface area contributed by atoms with E-state index < -0.39 is 0 Å². The molecule has 0 aliphatic carbocycles. The first-order chi connectivity index (χ1) is 13.0. The molecule has 27 heavy (non-hydrogen) atoms. The average molecular weight is 375 g/mol. The van der Waals surface area contributed by atoms with Gasteiger partial charge in [-0.2, -0.15) is 0 Å². The molecule has 2 aliphatic heterocycles. The molecule has 6 nitrogen and oxygen atoms in total. The zero-order valence-electron chi connectivity index (χ0n) is 16.8. The maximum atomic E-state index is 13.1. The summed E-state index contributed by atoms with van der Waals surface area (Å²) in [7, 11) is 0. The van der Waals surface area contributed by atoms with Crippen molar-refractivity contribution in [2.24, 2.45) is 0 Å². The van der Waals surface area contributed by atoms with Crippen molar-refractivity contribution in [3.8, 4) is 0 Å². The van der Waals surface area contributed by atoms with Gasteiger partial charge in [-0.15, -0.1) is 0 Å². The number of nitrogens with zero attached hydrogens (tertiary/aromatic N) is 3. The molecule has 2 aliphatic rings. The molecular weight excluding hydrogens is 340 g/mol. The number of pyridine rings is 1. The Morgan fingerprint density at radius 2 is 2.11 bits per heavy atom. The Balaban J connectivity index is 1.61. The molecule has 0 radical (unpaired) electrons. The van der Waals surface area contributed by atoms with Gasteiger partial charge in [-0.25, -0.2) is 4.79 Å². The van der Waals surface area contributed by atoms with Crippen LogP contribution in [0.15, 0.2) is 24.4 Å². The van der Waals surface area contributed by atoms with E-state index in [1.165, 1.54) is 19.3 Å². The van der Waals surface area contributed by atoms with Crippen LogP contribution in [0.25, 0.3) is 0 Å². The van der Waals surface area contributed by atoms with Crippen LogP contribution in [0.5, 0.6) is 0 Å². The van der Waals surface area contributed by atoms with Gasteiger partial charge < -0.3 is 19.9 Å². The van der Waals surface area contributed by atoms with Crippen molar-refractivity contribution in [1.29, 1.82) is 0 Å². The topological polar surface area (TPSA) is 57.7 Å². The van der Waals surface area contributed by atoms with Crippen molar-refractivity contribution in [3.63, 3.8) is 0 Å². The molecule has 6 heteroatoms. The number of urea groups is 1. The summed E-state index contributed by atoms with van der Waals surface area (Å²) < 4.78 is 5.77. The number of carbonyl (C=O) groups is 1. The molecule has 150 valence electrons. The normalized spacial score (nSPS) is 21.2. The standard InChI is InChI=1S/C21H34N4O2/c1-21(2,17-24-12-6-3-7-13-24)23-20(26)25(16-19-10-8-14-27-19)15-18-9-4-5-11-22-18/h4-5,9,11,19H,3,6-8,10,12-17H2,1-2H3,(H,23,26)/t19-/m1/s1. The van der Waals surface area contributed by atoms with E-state index in [-0.39, 0.29) is 17.7 Å². The van der Waals surface area contributed by atoms with Crippen LogP contribution in [0, 0.1) is 0 Å². The number of nitrogens with one attached hydrogen (secondary N) is 1. The number of hydrogen-bond acceptors (Lipinski definition) is 4. The van der Waals surface area contributed by atoms with Crippen molar-refractivity contribution in [3.05, 3.63) is 30.1 Å². The molecule has 2 amide bonds. The molecule has 0 spiro atoms. The van der Waals surface area contributed by atoms with Gasteiger partial charge in [-0.05, 0) is 64.8 Å². The van der Waals surface area contributed by atoms with E-state index in [4.69, 9.17) is 4.74 Å². The number of likely N-dealkylation sites (tertiary alicyclic amines) is 1. The van der Waals surface area contributed by atoms with Crippen LogP contribution in [0.3, 0.4) is 0 Å². The number of piperidine rings is 1. The van der Waals surface area contributed by atoms with Gasteiger partial charge in [0.1, 0.15) is 0 Å². The minimum absolute atomic E-state index is 0.0295. The summed E-state index contributed by atoms with van der Waals surface area (Å²) >= 11 is 0. The highest BCUT2D eigenvalue weighted by Gasteiger charge is 2.29. The van der Waals surface area contributed by atoms with E-state index in [9.17, 15) is 4.79 Å². The average Bonchev–Trinajstić information content (AvgIpc) is 3.15. The SMILES string of the molecule is CC(C)(CN1CCCCC1)NC(=O)N(Cc1ccccn1)C[C@H]1CCCO1. The highest BCUT2D eigenvalue weighted by Crippen LogP contribution is 2.17. The van der Waals surface area contributed by atoms with Gasteiger partial charge in [0.05, 0.1) is 18.3 Å². The number of ether oxygens (including phenoxy) is 1. The van der Waals surface area contributed by atoms with Gasteiger partial charge in [0, 0.05) is 31.4 Å². The Kier molecular flexibility index (Phi) is 7.07. The largest absolute Gasteiger partial charge is 0.376 e. The van der Waals surface area contributed by atoms with Gasteiger partial charge in [-0.1, -0.05) is 12.5 Å². The molecular formula is C21H34N4O2. The molecule has 0 saturated carbocycles. The van der Waals surface area contributed by atoms with Crippen LogP contribution in [-0.4, -0.2) is 65.2 Å². The number of amides is 2. The molecule has 2 fully saturated rings. The summed E-state index contributed by atoms with van der Waals surface area (Å²) in [6, 6.07) is 5.80. The molecule has 1 N–H and O–H groups in total. The molecule has 0 aromatic carbocycles. The number of aromatic nitrogens is 1. The number of carbonyl (C=O) groups excluding carboxylic acids is 1. The minimum atomic E-state index is -0.271. The van der Waals surface area contributed by atoms with Crippen molar-refractivity contribution >= 4 is 6.03 Å². The second-order valence-corrected chi connectivity index (χ2v) is 8.49. The smallest absolute Gasteiger partial charge is 0.318 e. The van der Waals surface area contributed by atoms with Crippen molar-refractivity contribution < 1.29 is 9.53 Å². The van der Waals surface area contributed by atoms with Crippen LogP contribution in [0.1, 0.15) is 51.6 Å². The van der Waals surface area contributed by atoms with Crippen molar-refractivity contribution in [2.45, 2.75) is 64.1 Å². The predicted molar refractivity (Wildman–Crippen MR) is 107 cm³/mol. The maximum absolute atomic E-state index is 13.1. The van der Waals surface area contributed by atoms with Gasteiger partial charge in [-0.3, -0.25) is 4.98 Å². The van der Waals surface area contributed by atoms with Gasteiger partial charge in [0.2, 0.25) is 0 Å². The third kappa shape index (κ3) is 6.47. The first-order valence-corrected chi connectivity index (χ1v) is 10.3. The second kappa shape index (κ2) is 9.51. The summed E-state index contributed by atoms with van der Waals surface area (Å²) in [5.41, 5.74) is 0.632. The highest BCUT2D eigenvalue weighted by atomic mass is 16.5. The van der Waals surface area contributed by atoms with E-state index in [2.05, 4.69) is 29.0 Å². The van der Waals surface area contributed by atoms with Crippen LogP contribution >= 0.6 is 0 Å².